The van der Waals surface area contributed by atoms with Crippen LogP contribution in [-0.2, 0) is 9.59 Å². The molecule has 0 N–H and O–H groups in total. The molecule has 1 fully saturated rings. The van der Waals surface area contributed by atoms with E-state index in [9.17, 15) is 14.0 Å². The van der Waals surface area contributed by atoms with Gasteiger partial charge in [0.2, 0.25) is 0 Å². The third kappa shape index (κ3) is 2.88. The lowest BCUT2D eigenvalue weighted by atomic mass is 9.94. The number of nitrogens with zero attached hydrogens (tertiary/aromatic N) is 1. The van der Waals surface area contributed by atoms with Gasteiger partial charge in [-0.3, -0.25) is 14.5 Å². The Hall–Kier alpha value is -1.46. The molecule has 1 aromatic carbocycles. The summed E-state index contributed by atoms with van der Waals surface area (Å²) in [7, 11) is 0. The number of hydrogen-bond acceptors (Lipinski definition) is 4. The molecule has 0 amide bonds. The molecule has 1 aliphatic carbocycles. The molecule has 4 rings (SSSR count). The smallest absolute Gasteiger partial charge is 0.197 e. The van der Waals surface area contributed by atoms with Gasteiger partial charge in [-0.2, -0.15) is 0 Å². The van der Waals surface area contributed by atoms with Gasteiger partial charge in [0.15, 0.2) is 10.9 Å². The number of benzene rings is 1. The number of rotatable bonds is 4. The molecule has 120 valence electrons. The number of carbonyl (C=O) groups is 2. The third-order valence-electron chi connectivity index (χ3n) is 4.82. The summed E-state index contributed by atoms with van der Waals surface area (Å²) < 4.78 is 14.3. The maximum Gasteiger partial charge on any atom is 0.197 e. The first kappa shape index (κ1) is 15.1. The fourth-order valence-corrected chi connectivity index (χ4v) is 4.49. The number of carbonyl (C=O) groups excluding carboxylic acids is 2. The molecular weight excluding hydrogens is 313 g/mol. The van der Waals surface area contributed by atoms with Crippen molar-refractivity contribution in [3.05, 3.63) is 46.1 Å². The van der Waals surface area contributed by atoms with E-state index < -0.39 is 6.04 Å². The van der Waals surface area contributed by atoms with Crippen molar-refractivity contribution < 1.29 is 14.0 Å². The minimum Gasteiger partial charge on any atom is -0.297 e. The summed E-state index contributed by atoms with van der Waals surface area (Å²) in [6.07, 6.45) is 3.09. The lowest BCUT2D eigenvalue weighted by Crippen LogP contribution is -2.39. The SMILES string of the molecule is O=C1CC2=C(CCN(C(C(=O)C3CC3)c3ccccc3F)C2)S1. The molecule has 3 aliphatic rings. The zero-order valence-corrected chi connectivity index (χ0v) is 13.6. The summed E-state index contributed by atoms with van der Waals surface area (Å²) in [4.78, 5) is 27.7. The average Bonchev–Trinajstić information content (AvgIpc) is 3.31. The zero-order chi connectivity index (χ0) is 16.0. The van der Waals surface area contributed by atoms with Crippen LogP contribution in [0.2, 0.25) is 0 Å². The minimum atomic E-state index is -0.515. The largest absolute Gasteiger partial charge is 0.297 e. The quantitative estimate of drug-likeness (QED) is 0.847. The second kappa shape index (κ2) is 5.87. The van der Waals surface area contributed by atoms with Crippen LogP contribution in [0.15, 0.2) is 34.7 Å². The van der Waals surface area contributed by atoms with Crippen molar-refractivity contribution in [1.29, 1.82) is 0 Å². The molecule has 3 nitrogen and oxygen atoms in total. The predicted molar refractivity (Wildman–Crippen MR) is 87.3 cm³/mol. The van der Waals surface area contributed by atoms with Crippen molar-refractivity contribution in [1.82, 2.24) is 4.90 Å². The van der Waals surface area contributed by atoms with Crippen LogP contribution in [0.25, 0.3) is 0 Å². The molecule has 1 unspecified atom stereocenters. The Bertz CT molecular complexity index is 711. The van der Waals surface area contributed by atoms with Crippen molar-refractivity contribution in [3.63, 3.8) is 0 Å². The highest BCUT2D eigenvalue weighted by Gasteiger charge is 2.41. The van der Waals surface area contributed by atoms with Crippen molar-refractivity contribution in [2.45, 2.75) is 31.7 Å². The number of halogens is 1. The monoisotopic (exact) mass is 331 g/mol. The fraction of sp³-hybridized carbons (Fsp3) is 0.444. The van der Waals surface area contributed by atoms with Gasteiger partial charge in [0, 0.05) is 31.0 Å². The zero-order valence-electron chi connectivity index (χ0n) is 12.8. The van der Waals surface area contributed by atoms with Gasteiger partial charge >= 0.3 is 0 Å². The summed E-state index contributed by atoms with van der Waals surface area (Å²) in [5.41, 5.74) is 1.60. The first-order chi connectivity index (χ1) is 11.1. The summed E-state index contributed by atoms with van der Waals surface area (Å²) >= 11 is 1.34. The molecular formula is C18H18FNO2S. The van der Waals surface area contributed by atoms with Gasteiger partial charge in [0.1, 0.15) is 5.82 Å². The van der Waals surface area contributed by atoms with Gasteiger partial charge in [-0.1, -0.05) is 30.0 Å². The van der Waals surface area contributed by atoms with Crippen LogP contribution in [0, 0.1) is 11.7 Å². The summed E-state index contributed by atoms with van der Waals surface area (Å²) in [6, 6.07) is 6.07. The van der Waals surface area contributed by atoms with Crippen LogP contribution in [0.3, 0.4) is 0 Å². The first-order valence-electron chi connectivity index (χ1n) is 8.07. The molecule has 0 saturated heterocycles. The Morgan fingerprint density at radius 2 is 2.09 bits per heavy atom. The van der Waals surface area contributed by atoms with Crippen LogP contribution in [0.5, 0.6) is 0 Å². The number of thioether (sulfide) groups is 1. The maximum atomic E-state index is 14.3. The van der Waals surface area contributed by atoms with Gasteiger partial charge < -0.3 is 0 Å². The number of ketones is 1. The second-order valence-electron chi connectivity index (χ2n) is 6.50. The average molecular weight is 331 g/mol. The molecule has 1 aromatic rings. The van der Waals surface area contributed by atoms with E-state index in [1.165, 1.54) is 17.8 Å². The number of hydrogen-bond donors (Lipinski definition) is 0. The van der Waals surface area contributed by atoms with E-state index in [0.29, 0.717) is 25.1 Å². The molecule has 1 saturated carbocycles. The second-order valence-corrected chi connectivity index (χ2v) is 7.65. The molecule has 0 radical (unpaired) electrons. The van der Waals surface area contributed by atoms with E-state index in [4.69, 9.17) is 0 Å². The highest BCUT2D eigenvalue weighted by atomic mass is 32.2. The molecule has 0 bridgehead atoms. The normalized spacial score (nSPS) is 23.1. The van der Waals surface area contributed by atoms with E-state index in [2.05, 4.69) is 4.90 Å². The van der Waals surface area contributed by atoms with Crippen LogP contribution < -0.4 is 0 Å². The summed E-state index contributed by atoms with van der Waals surface area (Å²) in [5.74, 6) is -0.103. The summed E-state index contributed by atoms with van der Waals surface area (Å²) in [6.45, 7) is 1.31. The highest BCUT2D eigenvalue weighted by molar-refractivity contribution is 8.17. The van der Waals surface area contributed by atoms with Gasteiger partial charge in [0.05, 0.1) is 6.04 Å². The molecule has 0 aromatic heterocycles. The lowest BCUT2D eigenvalue weighted by molar-refractivity contribution is -0.125. The lowest BCUT2D eigenvalue weighted by Gasteiger charge is -2.34. The first-order valence-corrected chi connectivity index (χ1v) is 8.89. The van der Waals surface area contributed by atoms with E-state index in [0.717, 1.165) is 29.7 Å². The van der Waals surface area contributed by atoms with Crippen LogP contribution >= 0.6 is 11.8 Å². The van der Waals surface area contributed by atoms with Gasteiger partial charge in [-0.05, 0) is 35.8 Å². The van der Waals surface area contributed by atoms with Gasteiger partial charge in [-0.15, -0.1) is 0 Å². The van der Waals surface area contributed by atoms with Crippen LogP contribution in [0.1, 0.15) is 37.3 Å². The van der Waals surface area contributed by atoms with E-state index in [1.54, 1.807) is 18.2 Å². The Morgan fingerprint density at radius 3 is 2.83 bits per heavy atom. The van der Waals surface area contributed by atoms with Crippen LogP contribution in [0.4, 0.5) is 4.39 Å². The Labute approximate surface area is 138 Å². The Morgan fingerprint density at radius 1 is 1.30 bits per heavy atom. The van der Waals surface area contributed by atoms with Crippen molar-refractivity contribution in [2.75, 3.05) is 13.1 Å². The summed E-state index contributed by atoms with van der Waals surface area (Å²) in [5, 5.41) is 0.188. The molecule has 2 aliphatic heterocycles. The maximum absolute atomic E-state index is 14.3. The van der Waals surface area contributed by atoms with E-state index in [-0.39, 0.29) is 22.6 Å². The van der Waals surface area contributed by atoms with E-state index in [1.807, 2.05) is 0 Å². The Kier molecular flexibility index (Phi) is 3.85. The molecule has 23 heavy (non-hydrogen) atoms. The highest BCUT2D eigenvalue weighted by Crippen LogP contribution is 2.43. The van der Waals surface area contributed by atoms with Gasteiger partial charge in [0.25, 0.3) is 0 Å². The van der Waals surface area contributed by atoms with E-state index >= 15 is 0 Å². The topological polar surface area (TPSA) is 37.4 Å². The van der Waals surface area contributed by atoms with Crippen molar-refractivity contribution in [3.8, 4) is 0 Å². The fourth-order valence-electron chi connectivity index (χ4n) is 3.50. The van der Waals surface area contributed by atoms with Crippen molar-refractivity contribution >= 4 is 22.7 Å². The Balaban J connectivity index is 1.65. The third-order valence-corrected chi connectivity index (χ3v) is 5.93. The predicted octanol–water partition coefficient (Wildman–Crippen LogP) is 3.47. The molecule has 2 heterocycles. The minimum absolute atomic E-state index is 0.0783. The van der Waals surface area contributed by atoms with Crippen molar-refractivity contribution in [2.24, 2.45) is 5.92 Å². The van der Waals surface area contributed by atoms with Crippen LogP contribution in [-0.4, -0.2) is 28.9 Å². The standard InChI is InChI=1S/C18H18FNO2S/c19-14-4-2-1-3-13(14)17(18(22)11-5-6-11)20-8-7-15-12(10-20)9-16(21)23-15/h1-4,11,17H,5-10H2. The molecule has 1 atom stereocenters. The van der Waals surface area contributed by atoms with Gasteiger partial charge in [-0.25, -0.2) is 4.39 Å². The number of Topliss-reactive ketones (excluding diaryl/α,β-unsaturated/α-hetero) is 1. The molecule has 5 heteroatoms. The molecule has 0 spiro atoms.